The fraction of sp³-hybridized carbons (Fsp3) is 0.591. The molecule has 10 heteroatoms. The Hall–Kier alpha value is -2.62. The monoisotopic (exact) mass is 452 g/mol. The highest BCUT2D eigenvalue weighted by atomic mass is 19.4. The second-order valence-corrected chi connectivity index (χ2v) is 8.85. The fourth-order valence-electron chi connectivity index (χ4n) is 5.01. The minimum atomic E-state index is -4.40. The molecule has 4 rings (SSSR count). The Labute approximate surface area is 184 Å². The lowest BCUT2D eigenvalue weighted by atomic mass is 9.82. The summed E-state index contributed by atoms with van der Waals surface area (Å²) in [7, 11) is 0. The van der Waals surface area contributed by atoms with Crippen molar-refractivity contribution in [2.24, 2.45) is 0 Å². The molecule has 2 heterocycles. The summed E-state index contributed by atoms with van der Waals surface area (Å²) < 4.78 is 38.6. The number of hydrogen-bond acceptors (Lipinski definition) is 4. The Morgan fingerprint density at radius 3 is 2.41 bits per heavy atom. The van der Waals surface area contributed by atoms with Gasteiger partial charge < -0.3 is 5.32 Å². The number of imide groups is 1. The van der Waals surface area contributed by atoms with Gasteiger partial charge >= 0.3 is 12.2 Å². The maximum atomic E-state index is 12.9. The SMILES string of the molecule is O=C(CN1CCCCC1c1ccc(C(F)(F)F)cc1)NN1C(=O)NC2(CCCCC2)C1=O. The molecule has 0 bridgehead atoms. The second-order valence-electron chi connectivity index (χ2n) is 8.85. The summed E-state index contributed by atoms with van der Waals surface area (Å²) in [5.74, 6) is -0.923. The number of carbonyl (C=O) groups excluding carboxylic acids is 3. The molecule has 0 aromatic heterocycles. The molecule has 3 fully saturated rings. The predicted octanol–water partition coefficient (Wildman–Crippen LogP) is 3.52. The average Bonchev–Trinajstić information content (AvgIpc) is 2.98. The quantitative estimate of drug-likeness (QED) is 0.685. The number of benzene rings is 1. The molecule has 2 aliphatic heterocycles. The molecule has 7 nitrogen and oxygen atoms in total. The Bertz CT molecular complexity index is 881. The lowest BCUT2D eigenvalue weighted by molar-refractivity contribution is -0.140. The standard InChI is InChI=1S/C22H27F3N4O3/c23-22(24,25)16-9-7-15(8-10-16)17-6-2-5-13-28(17)14-18(30)27-29-19(31)21(26-20(29)32)11-3-1-4-12-21/h7-10,17H,1-6,11-14H2,(H,26,32)(H,27,30). The smallest absolute Gasteiger partial charge is 0.322 e. The van der Waals surface area contributed by atoms with Gasteiger partial charge in [-0.3, -0.25) is 19.9 Å². The van der Waals surface area contributed by atoms with Crippen LogP contribution in [0.5, 0.6) is 0 Å². The van der Waals surface area contributed by atoms with Crippen LogP contribution in [-0.4, -0.2) is 46.4 Å². The van der Waals surface area contributed by atoms with Crippen molar-refractivity contribution in [3.8, 4) is 0 Å². The Kier molecular flexibility index (Phi) is 6.15. The summed E-state index contributed by atoms with van der Waals surface area (Å²) in [4.78, 5) is 39.8. The molecule has 1 atom stereocenters. The van der Waals surface area contributed by atoms with E-state index in [0.29, 0.717) is 31.4 Å². The van der Waals surface area contributed by atoms with E-state index < -0.39 is 35.1 Å². The van der Waals surface area contributed by atoms with Crippen LogP contribution in [0.15, 0.2) is 24.3 Å². The first-order chi connectivity index (χ1) is 15.2. The zero-order valence-electron chi connectivity index (χ0n) is 17.7. The van der Waals surface area contributed by atoms with Crippen molar-refractivity contribution in [3.05, 3.63) is 35.4 Å². The van der Waals surface area contributed by atoms with Crippen molar-refractivity contribution >= 4 is 17.8 Å². The van der Waals surface area contributed by atoms with Gasteiger partial charge in [-0.25, -0.2) is 4.79 Å². The number of halogens is 3. The van der Waals surface area contributed by atoms with E-state index in [9.17, 15) is 27.6 Å². The molecule has 32 heavy (non-hydrogen) atoms. The number of hydrazine groups is 1. The average molecular weight is 452 g/mol. The van der Waals surface area contributed by atoms with Gasteiger partial charge in [0.1, 0.15) is 5.54 Å². The van der Waals surface area contributed by atoms with Gasteiger partial charge in [-0.05, 0) is 49.9 Å². The van der Waals surface area contributed by atoms with Crippen molar-refractivity contribution in [2.75, 3.05) is 13.1 Å². The molecule has 2 saturated heterocycles. The normalized spacial score (nSPS) is 24.0. The molecule has 174 valence electrons. The minimum Gasteiger partial charge on any atom is -0.322 e. The number of carbonyl (C=O) groups is 3. The fourth-order valence-corrected chi connectivity index (χ4v) is 5.01. The molecule has 1 spiro atoms. The maximum Gasteiger partial charge on any atom is 0.416 e. The summed E-state index contributed by atoms with van der Waals surface area (Å²) in [6, 6.07) is 4.19. The number of likely N-dealkylation sites (tertiary alicyclic amines) is 1. The lowest BCUT2D eigenvalue weighted by Crippen LogP contribution is -2.53. The van der Waals surface area contributed by atoms with Crippen LogP contribution in [0.4, 0.5) is 18.0 Å². The highest BCUT2D eigenvalue weighted by Gasteiger charge is 2.52. The second kappa shape index (κ2) is 8.73. The van der Waals surface area contributed by atoms with Gasteiger partial charge in [0.05, 0.1) is 12.1 Å². The summed E-state index contributed by atoms with van der Waals surface area (Å²) >= 11 is 0. The molecule has 2 N–H and O–H groups in total. The van der Waals surface area contributed by atoms with E-state index in [4.69, 9.17) is 0 Å². The van der Waals surface area contributed by atoms with Crippen LogP contribution in [-0.2, 0) is 15.8 Å². The molecule has 1 aromatic carbocycles. The molecular formula is C22H27F3N4O3. The summed E-state index contributed by atoms with van der Waals surface area (Å²) in [5, 5.41) is 3.53. The first kappa shape index (κ1) is 22.6. The minimum absolute atomic E-state index is 0.0598. The van der Waals surface area contributed by atoms with Crippen molar-refractivity contribution in [1.29, 1.82) is 0 Å². The van der Waals surface area contributed by atoms with Crippen molar-refractivity contribution in [2.45, 2.75) is 69.1 Å². The van der Waals surface area contributed by atoms with Crippen molar-refractivity contribution in [1.82, 2.24) is 20.7 Å². The molecule has 4 amide bonds. The molecule has 1 unspecified atom stereocenters. The van der Waals surface area contributed by atoms with Crippen LogP contribution in [0, 0.1) is 0 Å². The van der Waals surface area contributed by atoms with E-state index in [2.05, 4.69) is 10.7 Å². The van der Waals surface area contributed by atoms with E-state index in [1.807, 2.05) is 4.90 Å². The first-order valence-corrected chi connectivity index (χ1v) is 11.1. The van der Waals surface area contributed by atoms with Gasteiger partial charge in [0.25, 0.3) is 11.8 Å². The van der Waals surface area contributed by atoms with E-state index in [1.165, 1.54) is 12.1 Å². The van der Waals surface area contributed by atoms with Crippen LogP contribution < -0.4 is 10.7 Å². The number of piperidine rings is 1. The molecular weight excluding hydrogens is 425 g/mol. The summed E-state index contributed by atoms with van der Waals surface area (Å²) in [6.07, 6.45) is 1.90. The van der Waals surface area contributed by atoms with E-state index in [0.717, 1.165) is 49.2 Å². The van der Waals surface area contributed by atoms with Crippen LogP contribution in [0.3, 0.4) is 0 Å². The van der Waals surface area contributed by atoms with Crippen LogP contribution in [0.25, 0.3) is 0 Å². The summed E-state index contributed by atoms with van der Waals surface area (Å²) in [6.45, 7) is 0.541. The maximum absolute atomic E-state index is 12.9. The van der Waals surface area contributed by atoms with Crippen molar-refractivity contribution < 1.29 is 27.6 Å². The zero-order chi connectivity index (χ0) is 22.9. The van der Waals surface area contributed by atoms with Gasteiger partial charge in [0.2, 0.25) is 0 Å². The van der Waals surface area contributed by atoms with E-state index >= 15 is 0 Å². The number of amides is 4. The zero-order valence-corrected chi connectivity index (χ0v) is 17.7. The van der Waals surface area contributed by atoms with Crippen molar-refractivity contribution in [3.63, 3.8) is 0 Å². The molecule has 1 aliphatic carbocycles. The third kappa shape index (κ3) is 4.46. The van der Waals surface area contributed by atoms with Gasteiger partial charge in [0, 0.05) is 6.04 Å². The molecule has 1 saturated carbocycles. The van der Waals surface area contributed by atoms with Gasteiger partial charge in [-0.15, -0.1) is 0 Å². The molecule has 3 aliphatic rings. The first-order valence-electron chi connectivity index (χ1n) is 11.1. The third-order valence-corrected chi connectivity index (χ3v) is 6.69. The predicted molar refractivity (Wildman–Crippen MR) is 109 cm³/mol. The molecule has 1 aromatic rings. The van der Waals surface area contributed by atoms with Crippen LogP contribution >= 0.6 is 0 Å². The number of hydrogen-bond donors (Lipinski definition) is 2. The third-order valence-electron chi connectivity index (χ3n) is 6.69. The van der Waals surface area contributed by atoms with E-state index in [-0.39, 0.29) is 12.6 Å². The number of rotatable bonds is 4. The van der Waals surface area contributed by atoms with E-state index in [1.54, 1.807) is 0 Å². The lowest BCUT2D eigenvalue weighted by Gasteiger charge is -2.36. The highest BCUT2D eigenvalue weighted by Crippen LogP contribution is 2.35. The summed E-state index contributed by atoms with van der Waals surface area (Å²) in [5.41, 5.74) is 1.52. The van der Waals surface area contributed by atoms with Gasteiger partial charge in [0.15, 0.2) is 0 Å². The Morgan fingerprint density at radius 2 is 1.75 bits per heavy atom. The molecule has 0 radical (unpaired) electrons. The van der Waals surface area contributed by atoms with Crippen LogP contribution in [0.1, 0.15) is 68.5 Å². The Balaban J connectivity index is 1.41. The largest absolute Gasteiger partial charge is 0.416 e. The number of nitrogens with zero attached hydrogens (tertiary/aromatic N) is 2. The van der Waals surface area contributed by atoms with Gasteiger partial charge in [-0.1, -0.05) is 37.8 Å². The number of nitrogens with one attached hydrogen (secondary N) is 2. The number of alkyl halides is 3. The van der Waals surface area contributed by atoms with Gasteiger partial charge in [-0.2, -0.15) is 18.2 Å². The highest BCUT2D eigenvalue weighted by molar-refractivity contribution is 6.08. The van der Waals surface area contributed by atoms with Crippen LogP contribution in [0.2, 0.25) is 0 Å². The topological polar surface area (TPSA) is 81.8 Å². The number of urea groups is 1. The Morgan fingerprint density at radius 1 is 1.06 bits per heavy atom.